The molecule has 1 N–H and O–H groups in total. The number of hydrogen-bond donors (Lipinski definition) is 1. The van der Waals surface area contributed by atoms with Crippen molar-refractivity contribution >= 4 is 33.4 Å². The first-order valence-electron chi connectivity index (χ1n) is 7.05. The summed E-state index contributed by atoms with van der Waals surface area (Å²) in [5.74, 6) is -0.929. The van der Waals surface area contributed by atoms with Crippen LogP contribution in [0.3, 0.4) is 0 Å². The van der Waals surface area contributed by atoms with Crippen LogP contribution in [0.2, 0.25) is 0 Å². The number of halogens is 2. The normalized spacial score (nSPS) is 24.5. The average Bonchev–Trinajstić information content (AvgIpc) is 2.90. The Morgan fingerprint density at radius 1 is 1.33 bits per heavy atom. The molecule has 1 heterocycles. The van der Waals surface area contributed by atoms with Crippen molar-refractivity contribution in [2.45, 2.75) is 44.2 Å². The van der Waals surface area contributed by atoms with Gasteiger partial charge in [-0.05, 0) is 38.0 Å². The number of carbonyl (C=O) groups excluding carboxylic acids is 2. The summed E-state index contributed by atoms with van der Waals surface area (Å²) in [6.45, 7) is 1.62. The highest BCUT2D eigenvalue weighted by Crippen LogP contribution is 2.37. The van der Waals surface area contributed by atoms with Gasteiger partial charge in [0, 0.05) is 4.47 Å². The predicted octanol–water partition coefficient (Wildman–Crippen LogP) is 2.75. The molecular formula is C15H16BrFN2O2. The van der Waals surface area contributed by atoms with E-state index >= 15 is 0 Å². The number of hydrogen-bond acceptors (Lipinski definition) is 2. The van der Waals surface area contributed by atoms with Gasteiger partial charge in [0.25, 0.3) is 5.91 Å². The number of anilines is 1. The van der Waals surface area contributed by atoms with Crippen LogP contribution in [0, 0.1) is 5.82 Å². The Hall–Kier alpha value is -1.43. The van der Waals surface area contributed by atoms with E-state index in [1.165, 1.54) is 11.0 Å². The molecule has 0 radical (unpaired) electrons. The van der Waals surface area contributed by atoms with Crippen molar-refractivity contribution in [2.75, 3.05) is 4.90 Å². The van der Waals surface area contributed by atoms with Crippen molar-refractivity contribution < 1.29 is 14.0 Å². The summed E-state index contributed by atoms with van der Waals surface area (Å²) in [6.07, 6.45) is 3.04. The fourth-order valence-electron chi connectivity index (χ4n) is 3.22. The van der Waals surface area contributed by atoms with Crippen molar-refractivity contribution in [3.8, 4) is 0 Å². The molecule has 21 heavy (non-hydrogen) atoms. The van der Waals surface area contributed by atoms with E-state index in [4.69, 9.17) is 0 Å². The fourth-order valence-corrected chi connectivity index (χ4v) is 3.57. The predicted molar refractivity (Wildman–Crippen MR) is 80.4 cm³/mol. The molecule has 6 heteroatoms. The van der Waals surface area contributed by atoms with E-state index in [9.17, 15) is 14.0 Å². The molecule has 0 bridgehead atoms. The summed E-state index contributed by atoms with van der Waals surface area (Å²) < 4.78 is 14.8. The number of carbonyl (C=O) groups is 2. The lowest BCUT2D eigenvalue weighted by atomic mass is 9.90. The molecule has 0 aromatic heterocycles. The Morgan fingerprint density at radius 3 is 2.67 bits per heavy atom. The Labute approximate surface area is 130 Å². The van der Waals surface area contributed by atoms with E-state index in [-0.39, 0.29) is 17.5 Å². The Bertz CT molecular complexity index is 614. The van der Waals surface area contributed by atoms with Crippen molar-refractivity contribution in [3.63, 3.8) is 0 Å². The number of nitrogens with one attached hydrogen (secondary N) is 1. The maximum Gasteiger partial charge on any atom is 0.253 e. The highest BCUT2D eigenvalue weighted by Gasteiger charge is 2.51. The average molecular weight is 355 g/mol. The number of benzene rings is 1. The second-order valence-corrected chi connectivity index (χ2v) is 6.64. The Morgan fingerprint density at radius 2 is 2.00 bits per heavy atom. The summed E-state index contributed by atoms with van der Waals surface area (Å²) in [6, 6.07) is 3.70. The first-order chi connectivity index (χ1) is 9.94. The van der Waals surface area contributed by atoms with E-state index < -0.39 is 17.4 Å². The first kappa shape index (κ1) is 14.5. The minimum atomic E-state index is -0.849. The number of rotatable bonds is 1. The van der Waals surface area contributed by atoms with Gasteiger partial charge in [-0.1, -0.05) is 28.8 Å². The number of piperazine rings is 1. The molecule has 4 nitrogen and oxygen atoms in total. The van der Waals surface area contributed by atoms with Gasteiger partial charge < -0.3 is 5.32 Å². The zero-order valence-corrected chi connectivity index (χ0v) is 13.2. The van der Waals surface area contributed by atoms with Gasteiger partial charge in [0.1, 0.15) is 17.4 Å². The van der Waals surface area contributed by atoms with Crippen molar-refractivity contribution in [1.82, 2.24) is 5.32 Å². The molecule has 1 aromatic carbocycles. The van der Waals surface area contributed by atoms with Crippen LogP contribution in [-0.4, -0.2) is 23.4 Å². The van der Waals surface area contributed by atoms with Gasteiger partial charge in [-0.15, -0.1) is 0 Å². The molecule has 112 valence electrons. The molecule has 1 aliphatic heterocycles. The minimum Gasteiger partial charge on any atom is -0.340 e. The van der Waals surface area contributed by atoms with E-state index in [0.717, 1.165) is 12.8 Å². The summed E-state index contributed by atoms with van der Waals surface area (Å²) in [5.41, 5.74) is -0.693. The van der Waals surface area contributed by atoms with Gasteiger partial charge in [-0.2, -0.15) is 0 Å². The van der Waals surface area contributed by atoms with Gasteiger partial charge >= 0.3 is 0 Å². The molecule has 2 fully saturated rings. The van der Waals surface area contributed by atoms with Crippen LogP contribution in [0.1, 0.15) is 32.6 Å². The minimum absolute atomic E-state index is 0.156. The zero-order chi connectivity index (χ0) is 15.2. The van der Waals surface area contributed by atoms with Crippen LogP contribution in [0.25, 0.3) is 0 Å². The first-order valence-corrected chi connectivity index (χ1v) is 7.85. The molecule has 1 aliphatic carbocycles. The Balaban J connectivity index is 2.08. The highest BCUT2D eigenvalue weighted by atomic mass is 79.9. The lowest BCUT2D eigenvalue weighted by molar-refractivity contribution is -0.137. The third-order valence-electron chi connectivity index (χ3n) is 4.38. The third kappa shape index (κ3) is 2.25. The molecule has 1 unspecified atom stereocenters. The summed E-state index contributed by atoms with van der Waals surface area (Å²) >= 11 is 3.29. The van der Waals surface area contributed by atoms with Gasteiger partial charge in [-0.3, -0.25) is 14.5 Å². The molecule has 3 rings (SSSR count). The molecule has 1 aromatic rings. The van der Waals surface area contributed by atoms with Crippen LogP contribution in [-0.2, 0) is 9.59 Å². The highest BCUT2D eigenvalue weighted by molar-refractivity contribution is 9.10. The van der Waals surface area contributed by atoms with Crippen LogP contribution in [0.4, 0.5) is 10.1 Å². The molecule has 1 saturated carbocycles. The van der Waals surface area contributed by atoms with Crippen LogP contribution in [0.15, 0.2) is 22.7 Å². The lowest BCUT2D eigenvalue weighted by Gasteiger charge is -2.43. The van der Waals surface area contributed by atoms with E-state index in [1.54, 1.807) is 19.1 Å². The molecule has 1 spiro atoms. The van der Waals surface area contributed by atoms with E-state index in [0.29, 0.717) is 17.3 Å². The van der Waals surface area contributed by atoms with Crippen LogP contribution < -0.4 is 10.2 Å². The standard InChI is InChI=1S/C15H16BrFN2O2/c1-9-13(20)18-15(6-2-3-7-15)14(21)19(9)12-8-10(16)4-5-11(12)17/h4-5,8-9H,2-3,6-7H2,1H3,(H,18,20). The van der Waals surface area contributed by atoms with Crippen molar-refractivity contribution in [1.29, 1.82) is 0 Å². The third-order valence-corrected chi connectivity index (χ3v) is 4.88. The topological polar surface area (TPSA) is 49.4 Å². The molecule has 2 aliphatic rings. The molecule has 1 saturated heterocycles. The second kappa shape index (κ2) is 5.09. The smallest absolute Gasteiger partial charge is 0.253 e. The molecule has 1 atom stereocenters. The molecule has 2 amide bonds. The number of nitrogens with zero attached hydrogens (tertiary/aromatic N) is 1. The van der Waals surface area contributed by atoms with Gasteiger partial charge in [0.2, 0.25) is 5.91 Å². The maximum absolute atomic E-state index is 14.2. The summed E-state index contributed by atoms with van der Waals surface area (Å²) in [4.78, 5) is 26.5. The van der Waals surface area contributed by atoms with Gasteiger partial charge in [0.15, 0.2) is 0 Å². The maximum atomic E-state index is 14.2. The summed E-state index contributed by atoms with van der Waals surface area (Å²) in [5, 5.41) is 2.86. The van der Waals surface area contributed by atoms with Crippen molar-refractivity contribution in [3.05, 3.63) is 28.5 Å². The molecular weight excluding hydrogens is 339 g/mol. The summed E-state index contributed by atoms with van der Waals surface area (Å²) in [7, 11) is 0. The van der Waals surface area contributed by atoms with Crippen LogP contribution in [0.5, 0.6) is 0 Å². The lowest BCUT2D eigenvalue weighted by Crippen LogP contribution is -2.69. The Kier molecular flexibility index (Phi) is 3.51. The number of amides is 2. The monoisotopic (exact) mass is 354 g/mol. The largest absolute Gasteiger partial charge is 0.340 e. The zero-order valence-electron chi connectivity index (χ0n) is 11.7. The van der Waals surface area contributed by atoms with Crippen LogP contribution >= 0.6 is 15.9 Å². The van der Waals surface area contributed by atoms with Crippen molar-refractivity contribution in [2.24, 2.45) is 0 Å². The quantitative estimate of drug-likeness (QED) is 0.842. The van der Waals surface area contributed by atoms with Gasteiger partial charge in [0.05, 0.1) is 5.69 Å². The second-order valence-electron chi connectivity index (χ2n) is 5.73. The SMILES string of the molecule is CC1C(=O)NC2(CCCC2)C(=O)N1c1cc(Br)ccc1F. The van der Waals surface area contributed by atoms with E-state index in [1.807, 2.05) is 0 Å². The fraction of sp³-hybridized carbons (Fsp3) is 0.467. The van der Waals surface area contributed by atoms with E-state index in [2.05, 4.69) is 21.2 Å². The van der Waals surface area contributed by atoms with Gasteiger partial charge in [-0.25, -0.2) is 4.39 Å².